The standard InChI is InChI=1S/C27H26N2O3S2/c1-32-22-13-11-20(12-14-22)18-28-27(31)26(21-7-3-2-4-8-21)29(19-24-10-6-16-34-24)25(30)17-23-9-5-15-33-23/h2-16,26H,17-19H2,1H3,(H,28,31)/t26-/m0/s1. The molecule has 4 aromatic rings. The van der Waals surface area contributed by atoms with E-state index in [1.165, 1.54) is 0 Å². The molecule has 4 rings (SSSR count). The molecule has 2 aromatic carbocycles. The summed E-state index contributed by atoms with van der Waals surface area (Å²) in [6, 6.07) is 24.2. The Morgan fingerprint density at radius 1 is 0.882 bits per heavy atom. The van der Waals surface area contributed by atoms with E-state index >= 15 is 0 Å². The molecule has 1 atom stereocenters. The van der Waals surface area contributed by atoms with Crippen molar-refractivity contribution in [1.82, 2.24) is 10.2 Å². The maximum atomic E-state index is 13.6. The lowest BCUT2D eigenvalue weighted by Gasteiger charge is -2.31. The minimum absolute atomic E-state index is 0.0794. The summed E-state index contributed by atoms with van der Waals surface area (Å²) >= 11 is 3.13. The van der Waals surface area contributed by atoms with Crippen molar-refractivity contribution in [3.63, 3.8) is 0 Å². The lowest BCUT2D eigenvalue weighted by molar-refractivity contribution is -0.141. The van der Waals surface area contributed by atoms with Crippen LogP contribution in [0.3, 0.4) is 0 Å². The van der Waals surface area contributed by atoms with Gasteiger partial charge in [-0.05, 0) is 46.2 Å². The highest BCUT2D eigenvalue weighted by Gasteiger charge is 2.31. The Morgan fingerprint density at radius 2 is 1.56 bits per heavy atom. The monoisotopic (exact) mass is 490 g/mol. The number of hydrogen-bond donors (Lipinski definition) is 1. The number of nitrogens with zero attached hydrogens (tertiary/aromatic N) is 1. The van der Waals surface area contributed by atoms with Gasteiger partial charge in [-0.25, -0.2) is 0 Å². The van der Waals surface area contributed by atoms with Crippen molar-refractivity contribution in [2.45, 2.75) is 25.6 Å². The van der Waals surface area contributed by atoms with E-state index in [0.29, 0.717) is 13.1 Å². The van der Waals surface area contributed by atoms with E-state index in [1.807, 2.05) is 89.6 Å². The van der Waals surface area contributed by atoms with Gasteiger partial charge in [0.05, 0.1) is 20.1 Å². The topological polar surface area (TPSA) is 58.6 Å². The molecule has 1 N–H and O–H groups in total. The van der Waals surface area contributed by atoms with Crippen molar-refractivity contribution < 1.29 is 14.3 Å². The second kappa shape index (κ2) is 11.6. The number of benzene rings is 2. The maximum Gasteiger partial charge on any atom is 0.247 e. The quantitative estimate of drug-likeness (QED) is 0.322. The van der Waals surface area contributed by atoms with Gasteiger partial charge in [-0.1, -0.05) is 54.6 Å². The van der Waals surface area contributed by atoms with Crippen LogP contribution in [0.4, 0.5) is 0 Å². The number of nitrogens with one attached hydrogen (secondary N) is 1. The van der Waals surface area contributed by atoms with Crippen LogP contribution in [-0.4, -0.2) is 23.8 Å². The van der Waals surface area contributed by atoms with Crippen LogP contribution in [0.25, 0.3) is 0 Å². The number of amides is 2. The van der Waals surface area contributed by atoms with Crippen LogP contribution < -0.4 is 10.1 Å². The lowest BCUT2D eigenvalue weighted by Crippen LogP contribution is -2.43. The summed E-state index contributed by atoms with van der Waals surface area (Å²) < 4.78 is 5.21. The fraction of sp³-hybridized carbons (Fsp3) is 0.185. The molecule has 2 amide bonds. The van der Waals surface area contributed by atoms with Gasteiger partial charge in [-0.2, -0.15) is 0 Å². The molecule has 2 aromatic heterocycles. The Bertz CT molecular complexity index is 1170. The number of hydrogen-bond acceptors (Lipinski definition) is 5. The third-order valence-corrected chi connectivity index (χ3v) is 7.17. The largest absolute Gasteiger partial charge is 0.497 e. The molecule has 174 valence electrons. The summed E-state index contributed by atoms with van der Waals surface area (Å²) in [5.41, 5.74) is 1.74. The number of carbonyl (C=O) groups excluding carboxylic acids is 2. The second-order valence-corrected chi connectivity index (χ2v) is 9.80. The van der Waals surface area contributed by atoms with Crippen LogP contribution in [0.2, 0.25) is 0 Å². The van der Waals surface area contributed by atoms with Gasteiger partial charge in [0.2, 0.25) is 11.8 Å². The zero-order valence-electron chi connectivity index (χ0n) is 18.8. The zero-order chi connectivity index (χ0) is 23.8. The van der Waals surface area contributed by atoms with Gasteiger partial charge in [0.25, 0.3) is 0 Å². The van der Waals surface area contributed by atoms with Gasteiger partial charge in [0.1, 0.15) is 11.8 Å². The molecular weight excluding hydrogens is 464 g/mol. The molecule has 0 fully saturated rings. The van der Waals surface area contributed by atoms with E-state index in [2.05, 4.69) is 5.32 Å². The van der Waals surface area contributed by atoms with Crippen LogP contribution in [0.5, 0.6) is 5.75 Å². The van der Waals surface area contributed by atoms with Crippen molar-refractivity contribution >= 4 is 34.5 Å². The average Bonchev–Trinajstić information content (AvgIpc) is 3.58. The SMILES string of the molecule is COc1ccc(CNC(=O)[C@H](c2ccccc2)N(Cc2cccs2)C(=O)Cc2cccs2)cc1. The van der Waals surface area contributed by atoms with Crippen LogP contribution >= 0.6 is 22.7 Å². The highest BCUT2D eigenvalue weighted by atomic mass is 32.1. The molecule has 7 heteroatoms. The van der Waals surface area contributed by atoms with Gasteiger partial charge >= 0.3 is 0 Å². The van der Waals surface area contributed by atoms with Gasteiger partial charge in [0, 0.05) is 16.3 Å². The third-order valence-electron chi connectivity index (χ3n) is 5.43. The molecule has 0 spiro atoms. The lowest BCUT2D eigenvalue weighted by atomic mass is 10.0. The summed E-state index contributed by atoms with van der Waals surface area (Å²) in [4.78, 5) is 30.8. The van der Waals surface area contributed by atoms with Crippen LogP contribution in [-0.2, 0) is 29.1 Å². The van der Waals surface area contributed by atoms with E-state index in [9.17, 15) is 9.59 Å². The molecular formula is C27H26N2O3S2. The Morgan fingerprint density at radius 3 is 2.18 bits per heavy atom. The van der Waals surface area contributed by atoms with Crippen molar-refractivity contribution in [3.05, 3.63) is 111 Å². The third kappa shape index (κ3) is 6.12. The van der Waals surface area contributed by atoms with Crippen LogP contribution in [0.1, 0.15) is 26.9 Å². The molecule has 0 aliphatic carbocycles. The molecule has 0 aliphatic heterocycles. The average molecular weight is 491 g/mol. The van der Waals surface area contributed by atoms with Gasteiger partial charge in [0.15, 0.2) is 0 Å². The molecule has 0 unspecified atom stereocenters. The predicted octanol–water partition coefficient (Wildman–Crippen LogP) is 5.45. The molecule has 0 bridgehead atoms. The first kappa shape index (κ1) is 23.7. The number of ether oxygens (including phenoxy) is 1. The fourth-order valence-corrected chi connectivity index (χ4v) is 5.09. The smallest absolute Gasteiger partial charge is 0.247 e. The summed E-state index contributed by atoms with van der Waals surface area (Å²) in [5, 5.41) is 6.99. The molecule has 34 heavy (non-hydrogen) atoms. The van der Waals surface area contributed by atoms with Crippen molar-refractivity contribution in [2.24, 2.45) is 0 Å². The molecule has 5 nitrogen and oxygen atoms in total. The fourth-order valence-electron chi connectivity index (χ4n) is 3.70. The minimum Gasteiger partial charge on any atom is -0.497 e. The summed E-state index contributed by atoms with van der Waals surface area (Å²) in [6.07, 6.45) is 0.262. The van der Waals surface area contributed by atoms with Gasteiger partial charge in [-0.3, -0.25) is 9.59 Å². The summed E-state index contributed by atoms with van der Waals surface area (Å²) in [7, 11) is 1.62. The zero-order valence-corrected chi connectivity index (χ0v) is 20.5. The molecule has 0 radical (unpaired) electrons. The highest BCUT2D eigenvalue weighted by molar-refractivity contribution is 7.10. The molecule has 0 saturated heterocycles. The number of carbonyl (C=O) groups is 2. The van der Waals surface area contributed by atoms with Crippen LogP contribution in [0, 0.1) is 0 Å². The van der Waals surface area contributed by atoms with E-state index in [0.717, 1.165) is 26.6 Å². The summed E-state index contributed by atoms with van der Waals surface area (Å²) in [6.45, 7) is 0.732. The second-order valence-electron chi connectivity index (χ2n) is 7.74. The first-order chi connectivity index (χ1) is 16.6. The minimum atomic E-state index is -0.742. The Labute approximate surface area is 207 Å². The van der Waals surface area contributed by atoms with E-state index < -0.39 is 6.04 Å². The molecule has 0 aliphatic rings. The van der Waals surface area contributed by atoms with E-state index in [-0.39, 0.29) is 18.2 Å². The maximum absolute atomic E-state index is 13.6. The van der Waals surface area contributed by atoms with E-state index in [1.54, 1.807) is 34.7 Å². The Kier molecular flexibility index (Phi) is 8.12. The Hall–Kier alpha value is -3.42. The number of methoxy groups -OCH3 is 1. The predicted molar refractivity (Wildman–Crippen MR) is 137 cm³/mol. The normalized spacial score (nSPS) is 11.6. The van der Waals surface area contributed by atoms with E-state index in [4.69, 9.17) is 4.74 Å². The number of thiophene rings is 2. The first-order valence-corrected chi connectivity index (χ1v) is 12.7. The van der Waals surface area contributed by atoms with Crippen LogP contribution in [0.15, 0.2) is 89.6 Å². The highest BCUT2D eigenvalue weighted by Crippen LogP contribution is 2.27. The number of rotatable bonds is 10. The van der Waals surface area contributed by atoms with Crippen molar-refractivity contribution in [1.29, 1.82) is 0 Å². The molecule has 0 saturated carbocycles. The summed E-state index contributed by atoms with van der Waals surface area (Å²) in [5.74, 6) is 0.473. The van der Waals surface area contributed by atoms with Crippen molar-refractivity contribution in [2.75, 3.05) is 7.11 Å². The van der Waals surface area contributed by atoms with Gasteiger partial charge < -0.3 is 15.0 Å². The van der Waals surface area contributed by atoms with Gasteiger partial charge in [-0.15, -0.1) is 22.7 Å². The molecule has 2 heterocycles. The first-order valence-electron chi connectivity index (χ1n) is 10.9. The Balaban J connectivity index is 1.61. The van der Waals surface area contributed by atoms with Crippen molar-refractivity contribution in [3.8, 4) is 5.75 Å².